The van der Waals surface area contributed by atoms with E-state index in [0.717, 1.165) is 17.3 Å². The molecule has 0 bridgehead atoms. The van der Waals surface area contributed by atoms with Crippen molar-refractivity contribution in [2.45, 2.75) is 32.4 Å². The van der Waals surface area contributed by atoms with Crippen LogP contribution in [-0.4, -0.2) is 40.5 Å². The van der Waals surface area contributed by atoms with Crippen molar-refractivity contribution < 1.29 is 14.3 Å². The van der Waals surface area contributed by atoms with Gasteiger partial charge in [0.25, 0.3) is 5.56 Å². The van der Waals surface area contributed by atoms with Gasteiger partial charge in [0.15, 0.2) is 0 Å². The minimum atomic E-state index is -0.417. The van der Waals surface area contributed by atoms with Crippen molar-refractivity contribution in [2.75, 3.05) is 13.2 Å². The minimum Gasteiger partial charge on any atom is -0.465 e. The molecule has 2 rings (SSSR count). The van der Waals surface area contributed by atoms with Crippen molar-refractivity contribution in [3.63, 3.8) is 0 Å². The third kappa shape index (κ3) is 4.42. The van der Waals surface area contributed by atoms with Gasteiger partial charge in [-0.1, -0.05) is 0 Å². The van der Waals surface area contributed by atoms with Gasteiger partial charge in [-0.2, -0.15) is 0 Å². The number of pyridine rings is 1. The molecule has 0 N–H and O–H groups in total. The molecule has 0 saturated heterocycles. The first-order chi connectivity index (χ1) is 10.0. The van der Waals surface area contributed by atoms with E-state index < -0.39 is 5.97 Å². The monoisotopic (exact) mass is 356 g/mol. The molecule has 1 saturated carbocycles. The van der Waals surface area contributed by atoms with Crippen LogP contribution in [-0.2, 0) is 20.9 Å². The second-order valence-electron chi connectivity index (χ2n) is 4.87. The van der Waals surface area contributed by atoms with Gasteiger partial charge >= 0.3 is 5.97 Å². The van der Waals surface area contributed by atoms with Gasteiger partial charge in [0.2, 0.25) is 5.91 Å². The predicted molar refractivity (Wildman–Crippen MR) is 79.8 cm³/mol. The van der Waals surface area contributed by atoms with E-state index >= 15 is 0 Å². The topological polar surface area (TPSA) is 68.6 Å². The third-order valence-electron chi connectivity index (χ3n) is 3.17. The molecule has 1 aromatic rings. The van der Waals surface area contributed by atoms with E-state index in [1.165, 1.54) is 15.5 Å². The summed E-state index contributed by atoms with van der Waals surface area (Å²) in [6, 6.07) is 3.11. The molecule has 1 fully saturated rings. The molecule has 21 heavy (non-hydrogen) atoms. The van der Waals surface area contributed by atoms with Crippen molar-refractivity contribution in [3.8, 4) is 0 Å². The van der Waals surface area contributed by atoms with Gasteiger partial charge < -0.3 is 14.2 Å². The summed E-state index contributed by atoms with van der Waals surface area (Å²) in [5.41, 5.74) is -0.251. The molecule has 1 aromatic heterocycles. The normalized spacial score (nSPS) is 13.8. The summed E-state index contributed by atoms with van der Waals surface area (Å²) < 4.78 is 6.93. The number of aromatic nitrogens is 1. The van der Waals surface area contributed by atoms with Crippen LogP contribution in [0.2, 0.25) is 0 Å². The maximum absolute atomic E-state index is 12.3. The Hall–Kier alpha value is -1.63. The first-order valence-corrected chi connectivity index (χ1v) is 7.61. The molecule has 114 valence electrons. The molecule has 1 amide bonds. The average Bonchev–Trinajstić information content (AvgIpc) is 3.25. The number of esters is 1. The highest BCUT2D eigenvalue weighted by Gasteiger charge is 2.34. The predicted octanol–water partition coefficient (Wildman–Crippen LogP) is 1.16. The zero-order chi connectivity index (χ0) is 15.4. The van der Waals surface area contributed by atoms with Crippen molar-refractivity contribution >= 4 is 27.8 Å². The van der Waals surface area contributed by atoms with Crippen molar-refractivity contribution in [2.24, 2.45) is 0 Å². The van der Waals surface area contributed by atoms with E-state index in [2.05, 4.69) is 15.9 Å². The number of hydrogen-bond acceptors (Lipinski definition) is 4. The third-order valence-corrected chi connectivity index (χ3v) is 3.63. The number of amides is 1. The number of carbonyl (C=O) groups excluding carboxylic acids is 2. The van der Waals surface area contributed by atoms with Crippen LogP contribution >= 0.6 is 15.9 Å². The fourth-order valence-electron chi connectivity index (χ4n) is 2.02. The summed E-state index contributed by atoms with van der Waals surface area (Å²) in [6.45, 7) is 1.88. The Bertz CT molecular complexity index is 595. The summed E-state index contributed by atoms with van der Waals surface area (Å²) in [4.78, 5) is 37.1. The maximum Gasteiger partial charge on any atom is 0.325 e. The highest BCUT2D eigenvalue weighted by atomic mass is 79.9. The van der Waals surface area contributed by atoms with Gasteiger partial charge in [-0.25, -0.2) is 0 Å². The number of ether oxygens (including phenoxy) is 1. The highest BCUT2D eigenvalue weighted by Crippen LogP contribution is 2.27. The summed E-state index contributed by atoms with van der Waals surface area (Å²) in [5, 5.41) is 0. The van der Waals surface area contributed by atoms with E-state index in [4.69, 9.17) is 4.74 Å². The Morgan fingerprint density at radius 3 is 2.76 bits per heavy atom. The van der Waals surface area contributed by atoms with Crippen molar-refractivity contribution in [3.05, 3.63) is 33.2 Å². The zero-order valence-electron chi connectivity index (χ0n) is 11.8. The van der Waals surface area contributed by atoms with Crippen LogP contribution in [0.25, 0.3) is 0 Å². The standard InChI is InChI=1S/C14H17BrN2O4/c1-2-21-14(20)9-17(11-4-5-11)13(19)8-16-7-10(15)3-6-12(16)18/h3,6-7,11H,2,4-5,8-9H2,1H3. The Labute approximate surface area is 130 Å². The van der Waals surface area contributed by atoms with Gasteiger partial charge in [0.1, 0.15) is 13.1 Å². The quantitative estimate of drug-likeness (QED) is 0.717. The Morgan fingerprint density at radius 2 is 2.14 bits per heavy atom. The molecular formula is C14H17BrN2O4. The molecule has 1 aliphatic carbocycles. The lowest BCUT2D eigenvalue weighted by molar-refractivity contribution is -0.149. The first kappa shape index (κ1) is 15.8. The van der Waals surface area contributed by atoms with Crippen LogP contribution in [0, 0.1) is 0 Å². The van der Waals surface area contributed by atoms with Gasteiger partial charge in [0, 0.05) is 22.8 Å². The number of carbonyl (C=O) groups is 2. The van der Waals surface area contributed by atoms with Crippen LogP contribution in [0.1, 0.15) is 19.8 Å². The number of hydrogen-bond donors (Lipinski definition) is 0. The molecule has 0 radical (unpaired) electrons. The molecule has 1 heterocycles. The lowest BCUT2D eigenvalue weighted by atomic mass is 10.4. The summed E-state index contributed by atoms with van der Waals surface area (Å²) in [7, 11) is 0. The Kier molecular flexibility index (Phi) is 5.17. The highest BCUT2D eigenvalue weighted by molar-refractivity contribution is 9.10. The van der Waals surface area contributed by atoms with Crippen molar-refractivity contribution in [1.29, 1.82) is 0 Å². The molecule has 0 aromatic carbocycles. The molecule has 0 atom stereocenters. The van der Waals surface area contributed by atoms with Crippen LogP contribution in [0.15, 0.2) is 27.6 Å². The van der Waals surface area contributed by atoms with Crippen LogP contribution in [0.4, 0.5) is 0 Å². The first-order valence-electron chi connectivity index (χ1n) is 6.82. The molecule has 0 unspecified atom stereocenters. The molecule has 0 spiro atoms. The van der Waals surface area contributed by atoms with Crippen LogP contribution < -0.4 is 5.56 Å². The van der Waals surface area contributed by atoms with E-state index in [0.29, 0.717) is 0 Å². The second-order valence-corrected chi connectivity index (χ2v) is 5.79. The summed E-state index contributed by atoms with van der Waals surface area (Å²) >= 11 is 3.27. The smallest absolute Gasteiger partial charge is 0.325 e. The molecule has 7 heteroatoms. The van der Waals surface area contributed by atoms with E-state index in [1.54, 1.807) is 19.2 Å². The SMILES string of the molecule is CCOC(=O)CN(C(=O)Cn1cc(Br)ccc1=O)C1CC1. The molecular weight excluding hydrogens is 340 g/mol. The molecule has 0 aliphatic heterocycles. The molecule has 6 nitrogen and oxygen atoms in total. The van der Waals surface area contributed by atoms with Gasteiger partial charge in [0.05, 0.1) is 6.61 Å². The average molecular weight is 357 g/mol. The number of rotatable bonds is 6. The van der Waals surface area contributed by atoms with Crippen LogP contribution in [0.5, 0.6) is 0 Å². The Balaban J connectivity index is 2.06. The summed E-state index contributed by atoms with van der Waals surface area (Å²) in [5.74, 6) is -0.662. The van der Waals surface area contributed by atoms with Crippen molar-refractivity contribution in [1.82, 2.24) is 9.47 Å². The Morgan fingerprint density at radius 1 is 1.43 bits per heavy atom. The lowest BCUT2D eigenvalue weighted by Gasteiger charge is -2.21. The molecule has 1 aliphatic rings. The van der Waals surface area contributed by atoms with Crippen LogP contribution in [0.3, 0.4) is 0 Å². The number of nitrogens with zero attached hydrogens (tertiary/aromatic N) is 2. The minimum absolute atomic E-state index is 0.0555. The second kappa shape index (κ2) is 6.89. The van der Waals surface area contributed by atoms with E-state index in [-0.39, 0.29) is 37.2 Å². The fraction of sp³-hybridized carbons (Fsp3) is 0.500. The zero-order valence-corrected chi connectivity index (χ0v) is 13.3. The van der Waals surface area contributed by atoms with E-state index in [9.17, 15) is 14.4 Å². The lowest BCUT2D eigenvalue weighted by Crippen LogP contribution is -2.41. The number of halogens is 1. The summed E-state index contributed by atoms with van der Waals surface area (Å²) in [6.07, 6.45) is 3.34. The van der Waals surface area contributed by atoms with Gasteiger partial charge in [-0.3, -0.25) is 14.4 Å². The van der Waals surface area contributed by atoms with Gasteiger partial charge in [-0.15, -0.1) is 0 Å². The van der Waals surface area contributed by atoms with E-state index in [1.807, 2.05) is 0 Å². The maximum atomic E-state index is 12.3. The van der Waals surface area contributed by atoms with Gasteiger partial charge in [-0.05, 0) is 41.8 Å². The fourth-order valence-corrected chi connectivity index (χ4v) is 2.39. The largest absolute Gasteiger partial charge is 0.465 e.